The van der Waals surface area contributed by atoms with Crippen LogP contribution in [0.4, 0.5) is 13.2 Å². The van der Waals surface area contributed by atoms with Gasteiger partial charge in [-0.2, -0.15) is 0 Å². The highest BCUT2D eigenvalue weighted by Gasteiger charge is 2.13. The third-order valence-corrected chi connectivity index (χ3v) is 4.99. The minimum absolute atomic E-state index is 0.0104. The van der Waals surface area contributed by atoms with Gasteiger partial charge < -0.3 is 9.47 Å². The van der Waals surface area contributed by atoms with E-state index in [1.54, 1.807) is 0 Å². The molecule has 0 spiro atoms. The van der Waals surface area contributed by atoms with Crippen molar-refractivity contribution in [2.45, 2.75) is 97.0 Å². The predicted octanol–water partition coefficient (Wildman–Crippen LogP) is 6.78. The average molecular weight is 445 g/mol. The fourth-order valence-corrected chi connectivity index (χ4v) is 3.16. The van der Waals surface area contributed by atoms with Crippen LogP contribution in [0.15, 0.2) is 12.1 Å². The Kier molecular flexibility index (Phi) is 14.5. The molecule has 0 aliphatic heterocycles. The minimum Gasteiger partial charge on any atom is -0.466 e. The number of halogens is 3. The summed E-state index contributed by atoms with van der Waals surface area (Å²) in [5.74, 6) is -5.45. The van der Waals surface area contributed by atoms with Crippen LogP contribution in [0.25, 0.3) is 0 Å². The van der Waals surface area contributed by atoms with Gasteiger partial charge in [0, 0.05) is 0 Å². The van der Waals surface area contributed by atoms with E-state index < -0.39 is 36.0 Å². The molecule has 0 fully saturated rings. The highest BCUT2D eigenvalue weighted by Crippen LogP contribution is 2.15. The Morgan fingerprint density at radius 3 is 1.68 bits per heavy atom. The Morgan fingerprint density at radius 1 is 0.710 bits per heavy atom. The fraction of sp³-hybridized carbons (Fsp3) is 0.667. The Morgan fingerprint density at radius 2 is 1.16 bits per heavy atom. The van der Waals surface area contributed by atoms with Gasteiger partial charge in [-0.3, -0.25) is 9.59 Å². The molecule has 31 heavy (non-hydrogen) atoms. The fourth-order valence-electron chi connectivity index (χ4n) is 3.16. The number of hydrogen-bond donors (Lipinski definition) is 0. The molecular formula is C24H35F3O4. The van der Waals surface area contributed by atoms with Crippen molar-refractivity contribution >= 4 is 11.9 Å². The molecule has 1 aromatic rings. The molecule has 1 aromatic carbocycles. The highest BCUT2D eigenvalue weighted by atomic mass is 19.2. The summed E-state index contributed by atoms with van der Waals surface area (Å²) >= 11 is 0. The Bertz CT molecular complexity index is 641. The van der Waals surface area contributed by atoms with Gasteiger partial charge >= 0.3 is 11.9 Å². The van der Waals surface area contributed by atoms with Gasteiger partial charge in [0.15, 0.2) is 17.5 Å². The van der Waals surface area contributed by atoms with Crippen LogP contribution in [0.5, 0.6) is 0 Å². The highest BCUT2D eigenvalue weighted by molar-refractivity contribution is 5.77. The van der Waals surface area contributed by atoms with E-state index in [1.807, 2.05) is 0 Å². The molecule has 0 unspecified atom stereocenters. The van der Waals surface area contributed by atoms with Crippen molar-refractivity contribution in [2.24, 2.45) is 0 Å². The van der Waals surface area contributed by atoms with Gasteiger partial charge in [0.05, 0.1) is 19.4 Å². The van der Waals surface area contributed by atoms with Crippen LogP contribution in [0.3, 0.4) is 0 Å². The molecule has 0 N–H and O–H groups in total. The second-order valence-electron chi connectivity index (χ2n) is 7.79. The van der Waals surface area contributed by atoms with Crippen LogP contribution in [0.2, 0.25) is 0 Å². The van der Waals surface area contributed by atoms with Crippen LogP contribution in [-0.4, -0.2) is 18.5 Å². The van der Waals surface area contributed by atoms with E-state index in [4.69, 9.17) is 9.47 Å². The van der Waals surface area contributed by atoms with E-state index in [9.17, 15) is 22.8 Å². The smallest absolute Gasteiger partial charge is 0.306 e. The number of unbranched alkanes of at least 4 members (excludes halogenated alkanes) is 10. The maximum atomic E-state index is 13.1. The van der Waals surface area contributed by atoms with Crippen LogP contribution in [-0.2, 0) is 25.7 Å². The van der Waals surface area contributed by atoms with Gasteiger partial charge in [-0.1, -0.05) is 71.1 Å². The summed E-state index contributed by atoms with van der Waals surface area (Å²) in [6, 6.07) is 1.52. The van der Waals surface area contributed by atoms with Gasteiger partial charge in [0.2, 0.25) is 0 Å². The first-order valence-corrected chi connectivity index (χ1v) is 11.4. The Labute approximate surface area is 183 Å². The summed E-state index contributed by atoms with van der Waals surface area (Å²) in [6.45, 7) is 2.15. The third kappa shape index (κ3) is 13.1. The van der Waals surface area contributed by atoms with E-state index in [2.05, 4.69) is 6.92 Å². The van der Waals surface area contributed by atoms with Crippen molar-refractivity contribution in [1.82, 2.24) is 0 Å². The van der Waals surface area contributed by atoms with E-state index in [-0.39, 0.29) is 18.4 Å². The van der Waals surface area contributed by atoms with Crippen LogP contribution < -0.4 is 0 Å². The molecule has 0 atom stereocenters. The lowest BCUT2D eigenvalue weighted by molar-refractivity contribution is -0.151. The molecule has 0 bridgehead atoms. The molecule has 4 nitrogen and oxygen atoms in total. The maximum absolute atomic E-state index is 13.1. The van der Waals surface area contributed by atoms with E-state index in [0.717, 1.165) is 31.4 Å². The molecule has 0 saturated carbocycles. The zero-order valence-electron chi connectivity index (χ0n) is 18.5. The van der Waals surface area contributed by atoms with Crippen molar-refractivity contribution < 1.29 is 32.2 Å². The van der Waals surface area contributed by atoms with Crippen LogP contribution in [0.1, 0.15) is 96.0 Å². The molecule has 0 aromatic heterocycles. The second-order valence-corrected chi connectivity index (χ2v) is 7.79. The van der Waals surface area contributed by atoms with E-state index in [1.165, 1.54) is 51.4 Å². The van der Waals surface area contributed by atoms with Crippen molar-refractivity contribution in [1.29, 1.82) is 0 Å². The second kappa shape index (κ2) is 16.6. The SMILES string of the molecule is CCCCCCCCCCCCCOC(=O)CCC(=O)OCc1cc(F)c(F)c(F)c1. The van der Waals surface area contributed by atoms with E-state index in [0.29, 0.717) is 6.61 Å². The topological polar surface area (TPSA) is 52.6 Å². The summed E-state index contributed by atoms with van der Waals surface area (Å²) < 4.78 is 49.0. The number of esters is 2. The lowest BCUT2D eigenvalue weighted by Crippen LogP contribution is -2.11. The number of carbonyl (C=O) groups is 2. The standard InChI is InChI=1S/C24H35F3O4/c1-2-3-4-5-6-7-8-9-10-11-12-15-30-22(28)13-14-23(29)31-18-19-16-20(25)24(27)21(26)17-19/h16-17H,2-15,18H2,1H3. The van der Waals surface area contributed by atoms with Gasteiger partial charge in [0.25, 0.3) is 0 Å². The zero-order chi connectivity index (χ0) is 22.9. The van der Waals surface area contributed by atoms with Crippen LogP contribution in [0, 0.1) is 17.5 Å². The van der Waals surface area contributed by atoms with Crippen molar-refractivity contribution in [3.8, 4) is 0 Å². The first-order valence-electron chi connectivity index (χ1n) is 11.4. The monoisotopic (exact) mass is 444 g/mol. The lowest BCUT2D eigenvalue weighted by Gasteiger charge is -2.07. The molecule has 0 aliphatic carbocycles. The van der Waals surface area contributed by atoms with Crippen molar-refractivity contribution in [3.63, 3.8) is 0 Å². The summed E-state index contributed by atoms with van der Waals surface area (Å²) in [5.41, 5.74) is -0.0104. The number of rotatable bonds is 17. The van der Waals surface area contributed by atoms with Crippen LogP contribution >= 0.6 is 0 Å². The predicted molar refractivity (Wildman–Crippen MR) is 113 cm³/mol. The molecule has 0 radical (unpaired) electrons. The number of carbonyl (C=O) groups excluding carboxylic acids is 2. The largest absolute Gasteiger partial charge is 0.466 e. The summed E-state index contributed by atoms with van der Waals surface area (Å²) in [5, 5.41) is 0. The first-order chi connectivity index (χ1) is 14.9. The number of ether oxygens (including phenoxy) is 2. The first kappa shape index (κ1) is 27.0. The zero-order valence-corrected chi connectivity index (χ0v) is 18.5. The Hall–Kier alpha value is -2.05. The van der Waals surface area contributed by atoms with Crippen molar-refractivity contribution in [3.05, 3.63) is 35.1 Å². The van der Waals surface area contributed by atoms with Gasteiger partial charge in [-0.05, 0) is 24.1 Å². The molecule has 176 valence electrons. The molecular weight excluding hydrogens is 409 g/mol. The molecule has 0 saturated heterocycles. The molecule has 0 aliphatic rings. The molecule has 0 amide bonds. The van der Waals surface area contributed by atoms with E-state index >= 15 is 0 Å². The molecule has 0 heterocycles. The number of benzene rings is 1. The van der Waals surface area contributed by atoms with Gasteiger partial charge in [-0.15, -0.1) is 0 Å². The lowest BCUT2D eigenvalue weighted by atomic mass is 10.1. The Balaban J connectivity index is 1.99. The average Bonchev–Trinajstić information content (AvgIpc) is 2.75. The number of hydrogen-bond acceptors (Lipinski definition) is 4. The third-order valence-electron chi connectivity index (χ3n) is 4.99. The maximum Gasteiger partial charge on any atom is 0.306 e. The summed E-state index contributed by atoms with van der Waals surface area (Å²) in [6.07, 6.45) is 13.0. The van der Waals surface area contributed by atoms with Crippen molar-refractivity contribution in [2.75, 3.05) is 6.61 Å². The van der Waals surface area contributed by atoms with Gasteiger partial charge in [-0.25, -0.2) is 13.2 Å². The quantitative estimate of drug-likeness (QED) is 0.151. The minimum atomic E-state index is -1.57. The van der Waals surface area contributed by atoms with Gasteiger partial charge in [0.1, 0.15) is 6.61 Å². The summed E-state index contributed by atoms with van der Waals surface area (Å²) in [4.78, 5) is 23.3. The molecule has 7 heteroatoms. The summed E-state index contributed by atoms with van der Waals surface area (Å²) in [7, 11) is 0. The molecule has 1 rings (SSSR count). The normalized spacial score (nSPS) is 10.8.